The number of hydrogen-bond acceptors (Lipinski definition) is 4. The molecule has 3 rings (SSSR count). The smallest absolute Gasteiger partial charge is 0.274 e. The van der Waals surface area contributed by atoms with Gasteiger partial charge in [-0.1, -0.05) is 40.2 Å². The third kappa shape index (κ3) is 4.22. The van der Waals surface area contributed by atoms with Gasteiger partial charge in [0.05, 0.1) is 0 Å². The number of rotatable bonds is 4. The molecule has 0 unspecified atom stereocenters. The summed E-state index contributed by atoms with van der Waals surface area (Å²) < 4.78 is 0.894. The summed E-state index contributed by atoms with van der Waals surface area (Å²) in [5.74, 6) is 0.101. The summed E-state index contributed by atoms with van der Waals surface area (Å²) in [6, 6.07) is 15.0. The Kier molecular flexibility index (Phi) is 5.09. The lowest BCUT2D eigenvalue weighted by Crippen LogP contribution is -2.15. The third-order valence-electron chi connectivity index (χ3n) is 3.69. The molecule has 0 saturated carbocycles. The van der Waals surface area contributed by atoms with Crippen molar-refractivity contribution in [1.82, 2.24) is 9.97 Å². The number of amides is 1. The Bertz CT molecular complexity index is 907. The van der Waals surface area contributed by atoms with E-state index in [1.54, 1.807) is 12.3 Å². The van der Waals surface area contributed by atoms with E-state index in [0.717, 1.165) is 21.3 Å². The molecule has 6 heteroatoms. The van der Waals surface area contributed by atoms with Gasteiger partial charge in [0.25, 0.3) is 5.91 Å². The van der Waals surface area contributed by atoms with Crippen LogP contribution in [0.15, 0.2) is 59.2 Å². The van der Waals surface area contributed by atoms with E-state index in [1.807, 2.05) is 56.3 Å². The normalized spacial score (nSPS) is 10.4. The van der Waals surface area contributed by atoms with E-state index in [9.17, 15) is 4.79 Å². The third-order valence-corrected chi connectivity index (χ3v) is 4.18. The van der Waals surface area contributed by atoms with E-state index in [0.29, 0.717) is 17.3 Å². The highest BCUT2D eigenvalue weighted by Crippen LogP contribution is 2.22. The lowest BCUT2D eigenvalue weighted by Gasteiger charge is -2.12. The van der Waals surface area contributed by atoms with Crippen molar-refractivity contribution in [3.8, 4) is 0 Å². The van der Waals surface area contributed by atoms with E-state index < -0.39 is 0 Å². The molecule has 2 aromatic carbocycles. The molecule has 0 bridgehead atoms. The minimum absolute atomic E-state index is 0.287. The van der Waals surface area contributed by atoms with E-state index in [4.69, 9.17) is 0 Å². The summed E-state index contributed by atoms with van der Waals surface area (Å²) in [5.41, 5.74) is 4.12. The maximum Gasteiger partial charge on any atom is 0.274 e. The van der Waals surface area contributed by atoms with Gasteiger partial charge >= 0.3 is 0 Å². The number of hydrogen-bond donors (Lipinski definition) is 2. The average molecular weight is 397 g/mol. The monoisotopic (exact) mass is 396 g/mol. The topological polar surface area (TPSA) is 66.9 Å². The van der Waals surface area contributed by atoms with Crippen molar-refractivity contribution in [2.24, 2.45) is 0 Å². The molecule has 0 aliphatic heterocycles. The summed E-state index contributed by atoms with van der Waals surface area (Å²) in [4.78, 5) is 21.0. The van der Waals surface area contributed by atoms with Crippen molar-refractivity contribution in [1.29, 1.82) is 0 Å². The highest BCUT2D eigenvalue weighted by atomic mass is 79.9. The Morgan fingerprint density at radius 1 is 1.04 bits per heavy atom. The van der Waals surface area contributed by atoms with Crippen LogP contribution in [0.25, 0.3) is 0 Å². The summed E-state index contributed by atoms with van der Waals surface area (Å²) in [7, 11) is 0. The molecule has 0 spiro atoms. The molecule has 0 radical (unpaired) electrons. The molecule has 0 aliphatic rings. The summed E-state index contributed by atoms with van der Waals surface area (Å²) in [6.07, 6.45) is 1.57. The second-order valence-corrected chi connectivity index (χ2v) is 6.54. The van der Waals surface area contributed by atoms with Crippen LogP contribution in [-0.2, 0) is 0 Å². The van der Waals surface area contributed by atoms with Crippen LogP contribution < -0.4 is 10.6 Å². The molecule has 0 aliphatic carbocycles. The largest absolute Gasteiger partial charge is 0.324 e. The summed E-state index contributed by atoms with van der Waals surface area (Å²) in [6.45, 7) is 4.03. The molecule has 25 heavy (non-hydrogen) atoms. The number of benzene rings is 2. The first-order valence-corrected chi connectivity index (χ1v) is 8.55. The Hall–Kier alpha value is -2.73. The first-order chi connectivity index (χ1) is 12.0. The molecular formula is C19H17BrN4O. The van der Waals surface area contributed by atoms with Gasteiger partial charge in [-0.05, 0) is 49.2 Å². The zero-order valence-electron chi connectivity index (χ0n) is 13.9. The van der Waals surface area contributed by atoms with Crippen LogP contribution >= 0.6 is 15.9 Å². The van der Waals surface area contributed by atoms with Crippen molar-refractivity contribution in [2.45, 2.75) is 13.8 Å². The number of nitrogens with zero attached hydrogens (tertiary/aromatic N) is 2. The molecule has 1 aromatic heterocycles. The SMILES string of the molecule is Cc1cccc(C)c1Nc1nccc(C(=O)Nc2cccc(Br)c2)n1. The van der Waals surface area contributed by atoms with Gasteiger partial charge in [-0.15, -0.1) is 0 Å². The van der Waals surface area contributed by atoms with Gasteiger partial charge in [-0.3, -0.25) is 4.79 Å². The Labute approximate surface area is 154 Å². The molecule has 3 aromatic rings. The first kappa shape index (κ1) is 17.1. The van der Waals surface area contributed by atoms with E-state index >= 15 is 0 Å². The van der Waals surface area contributed by atoms with Crippen LogP contribution in [0.5, 0.6) is 0 Å². The van der Waals surface area contributed by atoms with E-state index in [1.165, 1.54) is 0 Å². The van der Waals surface area contributed by atoms with Crippen molar-refractivity contribution in [3.05, 3.63) is 76.0 Å². The van der Waals surface area contributed by atoms with Gasteiger partial charge in [-0.2, -0.15) is 0 Å². The highest BCUT2D eigenvalue weighted by molar-refractivity contribution is 9.10. The van der Waals surface area contributed by atoms with Gasteiger partial charge in [-0.25, -0.2) is 9.97 Å². The fourth-order valence-corrected chi connectivity index (χ4v) is 2.83. The number of carbonyl (C=O) groups excluding carboxylic acids is 1. The quantitative estimate of drug-likeness (QED) is 0.661. The maximum atomic E-state index is 12.4. The number of anilines is 3. The van der Waals surface area contributed by atoms with Gasteiger partial charge in [0, 0.05) is 22.0 Å². The fourth-order valence-electron chi connectivity index (χ4n) is 2.43. The molecule has 0 saturated heterocycles. The van der Waals surface area contributed by atoms with Crippen LogP contribution in [0.2, 0.25) is 0 Å². The molecule has 1 amide bonds. The molecule has 1 heterocycles. The first-order valence-electron chi connectivity index (χ1n) is 7.76. The number of nitrogens with one attached hydrogen (secondary N) is 2. The zero-order valence-corrected chi connectivity index (χ0v) is 15.5. The van der Waals surface area contributed by atoms with Gasteiger partial charge < -0.3 is 10.6 Å². The second kappa shape index (κ2) is 7.44. The lowest BCUT2D eigenvalue weighted by atomic mass is 10.1. The number of aromatic nitrogens is 2. The fraction of sp³-hybridized carbons (Fsp3) is 0.105. The van der Waals surface area contributed by atoms with Crippen LogP contribution in [-0.4, -0.2) is 15.9 Å². The Balaban J connectivity index is 1.80. The van der Waals surface area contributed by atoms with Crippen LogP contribution in [0.4, 0.5) is 17.3 Å². The summed E-state index contributed by atoms with van der Waals surface area (Å²) >= 11 is 3.38. The van der Waals surface area contributed by atoms with Crippen molar-refractivity contribution in [3.63, 3.8) is 0 Å². The minimum atomic E-state index is -0.287. The average Bonchev–Trinajstić information content (AvgIpc) is 2.58. The molecule has 0 fully saturated rings. The number of para-hydroxylation sites is 1. The zero-order chi connectivity index (χ0) is 17.8. The van der Waals surface area contributed by atoms with Gasteiger partial charge in [0.1, 0.15) is 5.69 Å². The van der Waals surface area contributed by atoms with E-state index in [-0.39, 0.29) is 5.91 Å². The number of halogens is 1. The van der Waals surface area contributed by atoms with Crippen LogP contribution in [0, 0.1) is 13.8 Å². The molecular weight excluding hydrogens is 380 g/mol. The predicted molar refractivity (Wildman–Crippen MR) is 103 cm³/mol. The molecule has 2 N–H and O–H groups in total. The predicted octanol–water partition coefficient (Wildman–Crippen LogP) is 4.85. The van der Waals surface area contributed by atoms with Crippen molar-refractivity contribution < 1.29 is 4.79 Å². The highest BCUT2D eigenvalue weighted by Gasteiger charge is 2.11. The van der Waals surface area contributed by atoms with Crippen LogP contribution in [0.1, 0.15) is 21.6 Å². The Morgan fingerprint density at radius 2 is 1.76 bits per heavy atom. The van der Waals surface area contributed by atoms with Crippen molar-refractivity contribution in [2.75, 3.05) is 10.6 Å². The second-order valence-electron chi connectivity index (χ2n) is 5.62. The molecule has 126 valence electrons. The number of aryl methyl sites for hydroxylation is 2. The Morgan fingerprint density at radius 3 is 2.48 bits per heavy atom. The summed E-state index contributed by atoms with van der Waals surface area (Å²) in [5, 5.41) is 6.02. The van der Waals surface area contributed by atoms with E-state index in [2.05, 4.69) is 36.5 Å². The molecule has 5 nitrogen and oxygen atoms in total. The van der Waals surface area contributed by atoms with Crippen molar-refractivity contribution >= 4 is 39.2 Å². The number of carbonyl (C=O) groups is 1. The van der Waals surface area contributed by atoms with Gasteiger partial charge in [0.2, 0.25) is 5.95 Å². The minimum Gasteiger partial charge on any atom is -0.324 e. The van der Waals surface area contributed by atoms with Crippen LogP contribution in [0.3, 0.4) is 0 Å². The maximum absolute atomic E-state index is 12.4. The standard InChI is InChI=1S/C19H17BrN4O/c1-12-5-3-6-13(2)17(12)24-19-21-10-9-16(23-19)18(25)22-15-8-4-7-14(20)11-15/h3-11H,1-2H3,(H,22,25)(H,21,23,24). The lowest BCUT2D eigenvalue weighted by molar-refractivity contribution is 0.102. The molecule has 0 atom stereocenters. The van der Waals surface area contributed by atoms with Gasteiger partial charge in [0.15, 0.2) is 0 Å².